The Kier molecular flexibility index (Phi) is 4.53. The Labute approximate surface area is 133 Å². The highest BCUT2D eigenvalue weighted by molar-refractivity contribution is 7.92. The molecule has 130 valence electrons. The third kappa shape index (κ3) is 4.19. The number of halogens is 6. The van der Waals surface area contributed by atoms with Gasteiger partial charge in [-0.1, -0.05) is 18.2 Å². The van der Waals surface area contributed by atoms with E-state index < -0.39 is 39.2 Å². The molecule has 0 aliphatic rings. The van der Waals surface area contributed by atoms with Gasteiger partial charge in [0, 0.05) is 0 Å². The summed E-state index contributed by atoms with van der Waals surface area (Å²) in [6, 6.07) is 7.06. The van der Waals surface area contributed by atoms with Gasteiger partial charge in [-0.05, 0) is 30.3 Å². The Hall–Kier alpha value is -2.23. The largest absolute Gasteiger partial charge is 0.416 e. The minimum atomic E-state index is -5.06. The molecule has 2 aromatic carbocycles. The van der Waals surface area contributed by atoms with Gasteiger partial charge in [-0.2, -0.15) is 26.3 Å². The maximum atomic E-state index is 12.7. The molecule has 3 nitrogen and oxygen atoms in total. The fourth-order valence-corrected chi connectivity index (χ4v) is 2.89. The molecule has 0 aromatic heterocycles. The first-order valence-corrected chi connectivity index (χ1v) is 7.75. The van der Waals surface area contributed by atoms with Gasteiger partial charge in [0.2, 0.25) is 0 Å². The van der Waals surface area contributed by atoms with E-state index in [4.69, 9.17) is 0 Å². The molecular weight excluding hydrogens is 360 g/mol. The third-order valence-electron chi connectivity index (χ3n) is 2.89. The van der Waals surface area contributed by atoms with E-state index in [2.05, 4.69) is 0 Å². The van der Waals surface area contributed by atoms with Crippen molar-refractivity contribution in [1.82, 2.24) is 0 Å². The molecule has 0 spiro atoms. The van der Waals surface area contributed by atoms with Crippen molar-refractivity contribution in [1.29, 1.82) is 0 Å². The number of rotatable bonds is 3. The minimum Gasteiger partial charge on any atom is -0.280 e. The van der Waals surface area contributed by atoms with Crippen molar-refractivity contribution < 1.29 is 34.8 Å². The van der Waals surface area contributed by atoms with Gasteiger partial charge in [0.15, 0.2) is 0 Å². The molecule has 2 rings (SSSR count). The van der Waals surface area contributed by atoms with Gasteiger partial charge in [0.1, 0.15) is 0 Å². The number of hydrogen-bond donors (Lipinski definition) is 1. The lowest BCUT2D eigenvalue weighted by molar-refractivity contribution is -0.143. The Morgan fingerprint density at radius 3 is 1.62 bits per heavy atom. The Balaban J connectivity index is 2.51. The fraction of sp³-hybridized carbons (Fsp3) is 0.143. The van der Waals surface area contributed by atoms with Crippen LogP contribution in [0.2, 0.25) is 0 Å². The first-order chi connectivity index (χ1) is 10.9. The summed E-state index contributed by atoms with van der Waals surface area (Å²) in [4.78, 5) is -0.295. The lowest BCUT2D eigenvalue weighted by Crippen LogP contribution is -2.16. The smallest absolute Gasteiger partial charge is 0.280 e. The molecule has 24 heavy (non-hydrogen) atoms. The van der Waals surface area contributed by atoms with Gasteiger partial charge >= 0.3 is 12.4 Å². The Bertz CT molecular complexity index is 796. The number of alkyl halides is 6. The van der Waals surface area contributed by atoms with Crippen LogP contribution in [0.4, 0.5) is 32.0 Å². The highest BCUT2D eigenvalue weighted by atomic mass is 32.2. The van der Waals surface area contributed by atoms with E-state index >= 15 is 0 Å². The number of anilines is 1. The predicted octanol–water partition coefficient (Wildman–Crippen LogP) is 4.53. The quantitative estimate of drug-likeness (QED) is 0.809. The van der Waals surface area contributed by atoms with Gasteiger partial charge in [0.05, 0.1) is 21.7 Å². The molecule has 10 heteroatoms. The van der Waals surface area contributed by atoms with Crippen LogP contribution in [0.5, 0.6) is 0 Å². The molecule has 0 fully saturated rings. The maximum absolute atomic E-state index is 12.7. The van der Waals surface area contributed by atoms with Gasteiger partial charge in [-0.25, -0.2) is 8.42 Å². The van der Waals surface area contributed by atoms with Crippen molar-refractivity contribution in [2.75, 3.05) is 4.72 Å². The van der Waals surface area contributed by atoms with Gasteiger partial charge in [-0.15, -0.1) is 0 Å². The maximum Gasteiger partial charge on any atom is 0.416 e. The van der Waals surface area contributed by atoms with Crippen LogP contribution >= 0.6 is 0 Å². The van der Waals surface area contributed by atoms with E-state index in [1.165, 1.54) is 18.2 Å². The average molecular weight is 369 g/mol. The lowest BCUT2D eigenvalue weighted by Gasteiger charge is -2.15. The van der Waals surface area contributed by atoms with Crippen LogP contribution in [0.25, 0.3) is 0 Å². The normalized spacial score (nSPS) is 12.9. The zero-order valence-corrected chi connectivity index (χ0v) is 12.4. The van der Waals surface area contributed by atoms with E-state index in [9.17, 15) is 34.8 Å². The Morgan fingerprint density at radius 2 is 1.21 bits per heavy atom. The second-order valence-corrected chi connectivity index (χ2v) is 6.40. The van der Waals surface area contributed by atoms with Crippen molar-refractivity contribution in [2.45, 2.75) is 17.2 Å². The highest BCUT2D eigenvalue weighted by Gasteiger charge is 2.37. The summed E-state index contributed by atoms with van der Waals surface area (Å²) in [5.74, 6) is 0. The summed E-state index contributed by atoms with van der Waals surface area (Å²) in [6.45, 7) is 0. The van der Waals surface area contributed by atoms with Gasteiger partial charge in [-0.3, -0.25) is 4.72 Å². The van der Waals surface area contributed by atoms with Crippen molar-refractivity contribution in [2.24, 2.45) is 0 Å². The molecule has 0 saturated heterocycles. The van der Waals surface area contributed by atoms with Crippen LogP contribution in [0.1, 0.15) is 11.1 Å². The molecule has 0 amide bonds. The summed E-state index contributed by atoms with van der Waals surface area (Å²) < 4.78 is 102. The van der Waals surface area contributed by atoms with Crippen LogP contribution in [0, 0.1) is 0 Å². The van der Waals surface area contributed by atoms with Crippen LogP contribution in [-0.4, -0.2) is 8.42 Å². The van der Waals surface area contributed by atoms with Crippen molar-refractivity contribution >= 4 is 15.7 Å². The first kappa shape index (κ1) is 18.1. The Morgan fingerprint density at radius 1 is 0.750 bits per heavy atom. The van der Waals surface area contributed by atoms with E-state index in [0.29, 0.717) is 12.1 Å². The summed E-state index contributed by atoms with van der Waals surface area (Å²) in [5, 5.41) is 0. The summed E-state index contributed by atoms with van der Waals surface area (Å²) in [7, 11) is -4.32. The minimum absolute atomic E-state index is 0.0830. The van der Waals surface area contributed by atoms with Crippen LogP contribution in [0.3, 0.4) is 0 Å². The number of nitrogens with one attached hydrogen (secondary N) is 1. The van der Waals surface area contributed by atoms with Crippen LogP contribution < -0.4 is 4.72 Å². The zero-order valence-electron chi connectivity index (χ0n) is 11.6. The van der Waals surface area contributed by atoms with E-state index in [0.717, 1.165) is 12.1 Å². The highest BCUT2D eigenvalue weighted by Crippen LogP contribution is 2.37. The van der Waals surface area contributed by atoms with Crippen molar-refractivity contribution in [3.8, 4) is 0 Å². The summed E-state index contributed by atoms with van der Waals surface area (Å²) in [6.07, 6.45) is -10.1. The van der Waals surface area contributed by atoms with E-state index in [1.807, 2.05) is 0 Å². The SMILES string of the molecule is O=S(=O)(Nc1cc(C(F)(F)F)cc(C(F)(F)F)c1)c1ccccc1. The third-order valence-corrected chi connectivity index (χ3v) is 4.29. The molecule has 1 N–H and O–H groups in total. The molecule has 0 unspecified atom stereocenters. The fourth-order valence-electron chi connectivity index (χ4n) is 1.83. The van der Waals surface area contributed by atoms with Crippen LogP contribution in [-0.2, 0) is 22.4 Å². The standard InChI is InChI=1S/C14H9F6NO2S/c15-13(16,17)9-6-10(14(18,19)20)8-11(7-9)21-24(22,23)12-4-2-1-3-5-12/h1-8,21H. The van der Waals surface area contributed by atoms with Crippen molar-refractivity contribution in [3.63, 3.8) is 0 Å². The molecule has 0 radical (unpaired) electrons. The van der Waals surface area contributed by atoms with E-state index in [-0.39, 0.29) is 11.0 Å². The van der Waals surface area contributed by atoms with Gasteiger partial charge < -0.3 is 0 Å². The summed E-state index contributed by atoms with van der Waals surface area (Å²) >= 11 is 0. The monoisotopic (exact) mass is 369 g/mol. The number of benzene rings is 2. The molecule has 0 saturated carbocycles. The van der Waals surface area contributed by atoms with Crippen LogP contribution in [0.15, 0.2) is 53.4 Å². The predicted molar refractivity (Wildman–Crippen MR) is 73.7 cm³/mol. The van der Waals surface area contributed by atoms with E-state index in [1.54, 1.807) is 4.72 Å². The topological polar surface area (TPSA) is 46.2 Å². The average Bonchev–Trinajstić information content (AvgIpc) is 2.45. The number of hydrogen-bond acceptors (Lipinski definition) is 2. The molecule has 0 aliphatic carbocycles. The molecule has 0 aliphatic heterocycles. The zero-order chi connectivity index (χ0) is 18.2. The first-order valence-electron chi connectivity index (χ1n) is 6.27. The molecule has 0 bridgehead atoms. The summed E-state index contributed by atoms with van der Waals surface area (Å²) in [5.41, 5.74) is -4.05. The lowest BCUT2D eigenvalue weighted by atomic mass is 10.1. The molecule has 0 atom stereocenters. The molecular formula is C14H9F6NO2S. The second kappa shape index (κ2) is 6.00. The molecule has 0 heterocycles. The second-order valence-electron chi connectivity index (χ2n) is 4.71. The van der Waals surface area contributed by atoms with Gasteiger partial charge in [0.25, 0.3) is 10.0 Å². The number of sulfonamides is 1. The molecule has 2 aromatic rings. The van der Waals surface area contributed by atoms with Crippen molar-refractivity contribution in [3.05, 3.63) is 59.7 Å².